The summed E-state index contributed by atoms with van der Waals surface area (Å²) in [5.41, 5.74) is 0.814. The number of rotatable bonds is 6. The number of hydrogen-bond acceptors (Lipinski definition) is 6. The molecule has 172 valence electrons. The third-order valence-corrected chi connectivity index (χ3v) is 4.97. The maximum Gasteiger partial charge on any atom is 0.407 e. The second-order valence-corrected chi connectivity index (χ2v) is 8.70. The van der Waals surface area contributed by atoms with Gasteiger partial charge in [0.05, 0.1) is 11.6 Å². The van der Waals surface area contributed by atoms with Crippen molar-refractivity contribution < 1.29 is 19.1 Å². The second-order valence-electron chi connectivity index (χ2n) is 8.70. The number of hydrogen-bond donors (Lipinski definition) is 2. The van der Waals surface area contributed by atoms with Crippen LogP contribution in [0.2, 0.25) is 0 Å². The zero-order valence-electron chi connectivity index (χ0n) is 18.7. The molecule has 1 aromatic carbocycles. The van der Waals surface area contributed by atoms with Crippen LogP contribution in [-0.2, 0) is 9.53 Å². The van der Waals surface area contributed by atoms with E-state index in [4.69, 9.17) is 4.74 Å². The Bertz CT molecular complexity index is 921. The lowest BCUT2D eigenvalue weighted by Gasteiger charge is -2.32. The number of amides is 3. The van der Waals surface area contributed by atoms with Gasteiger partial charge in [0, 0.05) is 31.7 Å². The number of carbonyl (C=O) groups is 3. The maximum atomic E-state index is 12.9. The fourth-order valence-electron chi connectivity index (χ4n) is 3.47. The van der Waals surface area contributed by atoms with Gasteiger partial charge in [0.15, 0.2) is 0 Å². The number of aromatic nitrogens is 3. The van der Waals surface area contributed by atoms with Crippen LogP contribution in [0.1, 0.15) is 44.0 Å². The van der Waals surface area contributed by atoms with E-state index < -0.39 is 11.7 Å². The van der Waals surface area contributed by atoms with Gasteiger partial charge in [0.1, 0.15) is 18.3 Å². The van der Waals surface area contributed by atoms with Crippen molar-refractivity contribution in [3.63, 3.8) is 0 Å². The standard InChI is InChI=1S/C22H30N6O4/c1-22(2,3)32-21(31)25-11-10-24-19(29)17-5-4-12-27(13-17)20(30)16-6-8-18(9-7-16)28-15-23-14-26-28/h6-9,14-15,17H,4-5,10-13H2,1-3H3,(H,24,29)(H,25,31). The number of nitrogens with one attached hydrogen (secondary N) is 2. The van der Waals surface area contributed by atoms with Gasteiger partial charge in [-0.25, -0.2) is 14.5 Å². The molecule has 2 aromatic rings. The van der Waals surface area contributed by atoms with Gasteiger partial charge in [0.25, 0.3) is 5.91 Å². The van der Waals surface area contributed by atoms with E-state index in [1.54, 1.807) is 48.8 Å². The molecule has 2 heterocycles. The first-order chi connectivity index (χ1) is 15.2. The van der Waals surface area contributed by atoms with E-state index in [2.05, 4.69) is 20.7 Å². The summed E-state index contributed by atoms with van der Waals surface area (Å²) in [5, 5.41) is 9.51. The Balaban J connectivity index is 1.46. The summed E-state index contributed by atoms with van der Waals surface area (Å²) in [7, 11) is 0. The van der Waals surface area contributed by atoms with Crippen LogP contribution in [0.4, 0.5) is 4.79 Å². The molecule has 10 nitrogen and oxygen atoms in total. The first-order valence-electron chi connectivity index (χ1n) is 10.7. The molecule has 3 rings (SSSR count). The Kier molecular flexibility index (Phi) is 7.45. The van der Waals surface area contributed by atoms with Crippen LogP contribution in [0.5, 0.6) is 0 Å². The molecule has 0 spiro atoms. The smallest absolute Gasteiger partial charge is 0.407 e. The molecule has 1 atom stereocenters. The summed E-state index contributed by atoms with van der Waals surface area (Å²) in [4.78, 5) is 42.7. The van der Waals surface area contributed by atoms with Crippen LogP contribution in [0.3, 0.4) is 0 Å². The minimum Gasteiger partial charge on any atom is -0.444 e. The fourth-order valence-corrected chi connectivity index (χ4v) is 3.47. The van der Waals surface area contributed by atoms with E-state index in [-0.39, 0.29) is 24.3 Å². The molecule has 0 aliphatic carbocycles. The van der Waals surface area contributed by atoms with E-state index in [1.807, 2.05) is 12.1 Å². The summed E-state index contributed by atoms with van der Waals surface area (Å²) >= 11 is 0. The zero-order valence-corrected chi connectivity index (χ0v) is 18.7. The molecular weight excluding hydrogens is 412 g/mol. The number of piperidine rings is 1. The van der Waals surface area contributed by atoms with Gasteiger partial charge >= 0.3 is 6.09 Å². The van der Waals surface area contributed by atoms with E-state index in [1.165, 1.54) is 6.33 Å². The third kappa shape index (κ3) is 6.53. The van der Waals surface area contributed by atoms with Crippen molar-refractivity contribution in [3.8, 4) is 5.69 Å². The van der Waals surface area contributed by atoms with Gasteiger partial charge in [-0.15, -0.1) is 0 Å². The molecule has 1 fully saturated rings. The minimum absolute atomic E-state index is 0.0979. The van der Waals surface area contributed by atoms with Crippen molar-refractivity contribution in [2.45, 2.75) is 39.2 Å². The highest BCUT2D eigenvalue weighted by atomic mass is 16.6. The van der Waals surface area contributed by atoms with Gasteiger partial charge < -0.3 is 20.3 Å². The lowest BCUT2D eigenvalue weighted by molar-refractivity contribution is -0.126. The van der Waals surface area contributed by atoms with Crippen LogP contribution >= 0.6 is 0 Å². The molecule has 0 radical (unpaired) electrons. The summed E-state index contributed by atoms with van der Waals surface area (Å²) < 4.78 is 6.78. The van der Waals surface area contributed by atoms with Gasteiger partial charge in [-0.05, 0) is 57.9 Å². The highest BCUT2D eigenvalue weighted by molar-refractivity contribution is 5.95. The highest BCUT2D eigenvalue weighted by Gasteiger charge is 2.28. The number of nitrogens with zero attached hydrogens (tertiary/aromatic N) is 4. The van der Waals surface area contributed by atoms with Crippen molar-refractivity contribution in [3.05, 3.63) is 42.5 Å². The Labute approximate surface area is 187 Å². The predicted octanol–water partition coefficient (Wildman–Crippen LogP) is 1.76. The van der Waals surface area contributed by atoms with E-state index in [0.717, 1.165) is 18.5 Å². The van der Waals surface area contributed by atoms with Gasteiger partial charge in [-0.3, -0.25) is 9.59 Å². The normalized spacial score (nSPS) is 16.3. The van der Waals surface area contributed by atoms with Crippen molar-refractivity contribution in [2.24, 2.45) is 5.92 Å². The van der Waals surface area contributed by atoms with Crippen molar-refractivity contribution in [1.29, 1.82) is 0 Å². The first-order valence-corrected chi connectivity index (χ1v) is 10.7. The molecule has 2 N–H and O–H groups in total. The number of ether oxygens (including phenoxy) is 1. The number of carbonyl (C=O) groups excluding carboxylic acids is 3. The van der Waals surface area contributed by atoms with Crippen molar-refractivity contribution in [2.75, 3.05) is 26.2 Å². The van der Waals surface area contributed by atoms with E-state index in [9.17, 15) is 14.4 Å². The average Bonchev–Trinajstić information content (AvgIpc) is 3.30. The quantitative estimate of drug-likeness (QED) is 0.658. The Morgan fingerprint density at radius 3 is 2.50 bits per heavy atom. The predicted molar refractivity (Wildman–Crippen MR) is 117 cm³/mol. The summed E-state index contributed by atoms with van der Waals surface area (Å²) in [6.45, 7) is 6.92. The lowest BCUT2D eigenvalue weighted by atomic mass is 9.96. The van der Waals surface area contributed by atoms with Crippen molar-refractivity contribution >= 4 is 17.9 Å². The molecule has 0 bridgehead atoms. The van der Waals surface area contributed by atoms with Gasteiger partial charge in [-0.2, -0.15) is 5.10 Å². The Hall–Kier alpha value is -3.43. The van der Waals surface area contributed by atoms with Crippen LogP contribution in [0, 0.1) is 5.92 Å². The van der Waals surface area contributed by atoms with E-state index >= 15 is 0 Å². The van der Waals surface area contributed by atoms with Crippen LogP contribution < -0.4 is 10.6 Å². The first kappa shape index (κ1) is 23.2. The largest absolute Gasteiger partial charge is 0.444 e. The summed E-state index contributed by atoms with van der Waals surface area (Å²) in [6, 6.07) is 7.14. The molecule has 1 aliphatic rings. The Morgan fingerprint density at radius 1 is 1.12 bits per heavy atom. The summed E-state index contributed by atoms with van der Waals surface area (Å²) in [5.74, 6) is -0.488. The molecule has 1 saturated heterocycles. The number of alkyl carbamates (subject to hydrolysis) is 1. The average molecular weight is 443 g/mol. The number of likely N-dealkylation sites (tertiary alicyclic amines) is 1. The molecule has 1 aliphatic heterocycles. The van der Waals surface area contributed by atoms with Gasteiger partial charge in [-0.1, -0.05) is 0 Å². The minimum atomic E-state index is -0.567. The molecule has 0 saturated carbocycles. The SMILES string of the molecule is CC(C)(C)OC(=O)NCCNC(=O)C1CCCN(C(=O)c2ccc(-n3cncn3)cc2)C1. The molecule has 1 aromatic heterocycles. The molecule has 1 unspecified atom stereocenters. The molecule has 3 amide bonds. The highest BCUT2D eigenvalue weighted by Crippen LogP contribution is 2.19. The lowest BCUT2D eigenvalue weighted by Crippen LogP contribution is -2.46. The zero-order chi connectivity index (χ0) is 23.1. The molecular formula is C22H30N6O4. The summed E-state index contributed by atoms with van der Waals surface area (Å²) in [6.07, 6.45) is 4.01. The monoisotopic (exact) mass is 442 g/mol. The number of benzene rings is 1. The van der Waals surface area contributed by atoms with Crippen molar-refractivity contribution in [1.82, 2.24) is 30.3 Å². The van der Waals surface area contributed by atoms with Crippen LogP contribution in [0.15, 0.2) is 36.9 Å². The topological polar surface area (TPSA) is 118 Å². The van der Waals surface area contributed by atoms with Crippen LogP contribution in [0.25, 0.3) is 5.69 Å². The third-order valence-electron chi connectivity index (χ3n) is 4.97. The maximum absolute atomic E-state index is 12.9. The molecule has 32 heavy (non-hydrogen) atoms. The Morgan fingerprint density at radius 2 is 1.84 bits per heavy atom. The van der Waals surface area contributed by atoms with Crippen LogP contribution in [-0.4, -0.2) is 69.4 Å². The second kappa shape index (κ2) is 10.3. The fraction of sp³-hybridized carbons (Fsp3) is 0.500. The molecule has 10 heteroatoms. The van der Waals surface area contributed by atoms with E-state index in [0.29, 0.717) is 25.2 Å². The van der Waals surface area contributed by atoms with Gasteiger partial charge in [0.2, 0.25) is 5.91 Å².